The number of nitrogens with zero attached hydrogens (tertiary/aromatic N) is 1. The lowest BCUT2D eigenvalue weighted by molar-refractivity contribution is 0.575. The van der Waals surface area contributed by atoms with E-state index in [0.717, 1.165) is 6.54 Å². The first kappa shape index (κ1) is 61.8. The van der Waals surface area contributed by atoms with Gasteiger partial charge in [-0.1, -0.05) is 323 Å². The molecular formula is C71H107NP2. The molecule has 0 saturated carbocycles. The Labute approximate surface area is 459 Å². The minimum atomic E-state index is -0.910. The van der Waals surface area contributed by atoms with E-state index >= 15 is 0 Å². The molecule has 0 aliphatic heterocycles. The quantitative estimate of drug-likeness (QED) is 0.0278. The number of rotatable bonds is 44. The molecule has 0 amide bonds. The largest absolute Gasteiger partial charge is 0.240 e. The first-order valence-corrected chi connectivity index (χ1v) is 34.0. The molecule has 0 fully saturated rings. The zero-order valence-electron chi connectivity index (χ0n) is 48.1. The van der Waals surface area contributed by atoms with Crippen molar-refractivity contribution in [2.45, 2.75) is 265 Å². The minimum Gasteiger partial charge on any atom is -0.240 e. The van der Waals surface area contributed by atoms with Crippen LogP contribution < -0.4 is 21.2 Å². The monoisotopic (exact) mass is 1040 g/mol. The first-order chi connectivity index (χ1) is 36.6. The van der Waals surface area contributed by atoms with Crippen LogP contribution in [0.15, 0.2) is 127 Å². The molecule has 0 aliphatic carbocycles. The van der Waals surface area contributed by atoms with E-state index in [1.165, 1.54) is 280 Å². The first-order valence-electron chi connectivity index (χ1n) is 31.4. The fourth-order valence-electron chi connectivity index (χ4n) is 11.0. The molecule has 0 atom stereocenters. The second kappa shape index (κ2) is 40.2. The van der Waals surface area contributed by atoms with Crippen molar-refractivity contribution in [3.8, 4) is 0 Å². The van der Waals surface area contributed by atoms with Crippen LogP contribution in [0.4, 0.5) is 0 Å². The molecule has 0 heterocycles. The van der Waals surface area contributed by atoms with Gasteiger partial charge in [0.15, 0.2) is 0 Å². The summed E-state index contributed by atoms with van der Waals surface area (Å²) in [4.78, 5) is 0. The predicted octanol–water partition coefficient (Wildman–Crippen LogP) is 21.3. The summed E-state index contributed by atoms with van der Waals surface area (Å²) in [5.41, 5.74) is 7.41. The fraction of sp³-hybridized carbons (Fsp3) is 0.577. The van der Waals surface area contributed by atoms with Gasteiger partial charge in [0.25, 0.3) is 0 Å². The van der Waals surface area contributed by atoms with E-state index in [1.807, 2.05) is 0 Å². The van der Waals surface area contributed by atoms with Crippen molar-refractivity contribution in [2.24, 2.45) is 0 Å². The highest BCUT2D eigenvalue weighted by Gasteiger charge is 2.32. The van der Waals surface area contributed by atoms with Crippen LogP contribution in [0.1, 0.15) is 261 Å². The smallest absolute Gasteiger partial charge is 0.0326 e. The van der Waals surface area contributed by atoms with Gasteiger partial charge in [-0.3, -0.25) is 0 Å². The Balaban J connectivity index is 1.50. The number of hydrogen-bond donors (Lipinski definition) is 0. The Morgan fingerprint density at radius 1 is 0.243 bits per heavy atom. The average molecular weight is 1040 g/mol. The molecule has 5 rings (SSSR count). The third kappa shape index (κ3) is 24.9. The Hall–Kier alpha value is -3.08. The Kier molecular flexibility index (Phi) is 33.5. The van der Waals surface area contributed by atoms with Crippen LogP contribution in [0.2, 0.25) is 0 Å². The second-order valence-electron chi connectivity index (χ2n) is 22.2. The summed E-state index contributed by atoms with van der Waals surface area (Å²) < 4.78 is 3.02. The van der Waals surface area contributed by atoms with E-state index < -0.39 is 16.1 Å². The summed E-state index contributed by atoms with van der Waals surface area (Å²) >= 11 is 0. The van der Waals surface area contributed by atoms with Crippen molar-refractivity contribution >= 4 is 37.4 Å². The van der Waals surface area contributed by atoms with Gasteiger partial charge in [0.1, 0.15) is 0 Å². The number of aryl methyl sites for hydroxylation is 4. The SMILES string of the molecule is CCCCCCCCCCc1ccc(P(c2ccc(CCCCCCCCCC)cc2)N(Cc2ccccc2)P(c2cccc(CCCCCCCCCC)c2)c2cccc(CCCCCCCCCC)c2)cc1. The molecule has 5 aromatic carbocycles. The zero-order valence-corrected chi connectivity index (χ0v) is 49.9. The van der Waals surface area contributed by atoms with Crippen LogP contribution in [-0.4, -0.2) is 4.44 Å². The molecular weight excluding hydrogens is 929 g/mol. The maximum atomic E-state index is 3.02. The van der Waals surface area contributed by atoms with Crippen molar-refractivity contribution in [3.05, 3.63) is 155 Å². The normalized spacial score (nSPS) is 11.7. The Morgan fingerprint density at radius 3 is 0.865 bits per heavy atom. The van der Waals surface area contributed by atoms with Gasteiger partial charge >= 0.3 is 0 Å². The van der Waals surface area contributed by atoms with Gasteiger partial charge in [-0.25, -0.2) is 4.44 Å². The van der Waals surface area contributed by atoms with Crippen molar-refractivity contribution in [1.29, 1.82) is 0 Å². The molecule has 0 saturated heterocycles. The molecule has 0 spiro atoms. The van der Waals surface area contributed by atoms with Crippen LogP contribution in [0.3, 0.4) is 0 Å². The number of hydrogen-bond acceptors (Lipinski definition) is 1. The molecule has 0 bridgehead atoms. The van der Waals surface area contributed by atoms with E-state index in [2.05, 4.69) is 160 Å². The van der Waals surface area contributed by atoms with E-state index in [0.29, 0.717) is 0 Å². The van der Waals surface area contributed by atoms with Gasteiger partial charge in [-0.2, -0.15) is 0 Å². The summed E-state index contributed by atoms with van der Waals surface area (Å²) in [6.07, 6.45) is 48.3. The highest BCUT2D eigenvalue weighted by Crippen LogP contribution is 2.55. The molecule has 0 aromatic heterocycles. The highest BCUT2D eigenvalue weighted by molar-refractivity contribution is 7.84. The predicted molar refractivity (Wildman–Crippen MR) is 335 cm³/mol. The van der Waals surface area contributed by atoms with E-state index in [9.17, 15) is 0 Å². The molecule has 0 aliphatic rings. The molecule has 5 aromatic rings. The topological polar surface area (TPSA) is 3.24 Å². The van der Waals surface area contributed by atoms with Gasteiger partial charge in [-0.05, 0) is 113 Å². The van der Waals surface area contributed by atoms with Crippen molar-refractivity contribution in [1.82, 2.24) is 4.44 Å². The summed E-state index contributed by atoms with van der Waals surface area (Å²) in [5, 5.41) is 5.96. The molecule has 3 heteroatoms. The zero-order chi connectivity index (χ0) is 51.9. The van der Waals surface area contributed by atoms with Crippen LogP contribution in [0.5, 0.6) is 0 Å². The van der Waals surface area contributed by atoms with Gasteiger partial charge in [-0.15, -0.1) is 0 Å². The van der Waals surface area contributed by atoms with Crippen molar-refractivity contribution in [3.63, 3.8) is 0 Å². The van der Waals surface area contributed by atoms with Crippen LogP contribution in [0, 0.1) is 0 Å². The standard InChI is InChI=1S/C71H107NP2/c1-5-9-13-17-21-25-29-34-42-63-52-56-68(57-53-63)73(69-58-54-64(55-59-69)43-35-30-26-22-18-14-10-6-2)72(62-67-46-38-33-39-47-67)74(70-50-40-48-65(60-70)44-36-31-27-23-19-15-11-7-3)71-51-41-49-66(61-71)45-37-32-28-24-20-16-12-8-4/h33,38-41,46-61H,5-32,34-37,42-45,62H2,1-4H3. The third-order valence-electron chi connectivity index (χ3n) is 15.6. The molecule has 0 unspecified atom stereocenters. The van der Waals surface area contributed by atoms with E-state index in [-0.39, 0.29) is 0 Å². The fourth-order valence-corrected chi connectivity index (χ4v) is 17.1. The summed E-state index contributed by atoms with van der Waals surface area (Å²) in [5.74, 6) is 0. The second-order valence-corrected chi connectivity index (χ2v) is 26.8. The maximum absolute atomic E-state index is 3.02. The van der Waals surface area contributed by atoms with Gasteiger partial charge in [0.2, 0.25) is 0 Å². The van der Waals surface area contributed by atoms with Gasteiger partial charge in [0.05, 0.1) is 0 Å². The van der Waals surface area contributed by atoms with Crippen LogP contribution >= 0.6 is 16.1 Å². The summed E-state index contributed by atoms with van der Waals surface area (Å²) in [6.45, 7) is 10.2. The lowest BCUT2D eigenvalue weighted by Gasteiger charge is -2.39. The Morgan fingerprint density at radius 2 is 0.527 bits per heavy atom. The van der Waals surface area contributed by atoms with Crippen LogP contribution in [-0.2, 0) is 32.2 Å². The molecule has 0 radical (unpaired) electrons. The minimum absolute atomic E-state index is 0.904. The number of benzene rings is 5. The summed E-state index contributed by atoms with van der Waals surface area (Å²) in [6, 6.07) is 51.6. The molecule has 74 heavy (non-hydrogen) atoms. The van der Waals surface area contributed by atoms with Crippen molar-refractivity contribution < 1.29 is 0 Å². The summed E-state index contributed by atoms with van der Waals surface area (Å²) in [7, 11) is -1.81. The highest BCUT2D eigenvalue weighted by atomic mass is 31.2. The van der Waals surface area contributed by atoms with Crippen LogP contribution in [0.25, 0.3) is 0 Å². The molecule has 406 valence electrons. The lowest BCUT2D eigenvalue weighted by Crippen LogP contribution is -2.32. The lowest BCUT2D eigenvalue weighted by atomic mass is 10.0. The average Bonchev–Trinajstić information content (AvgIpc) is 3.43. The van der Waals surface area contributed by atoms with Gasteiger partial charge in [0, 0.05) is 22.7 Å². The maximum Gasteiger partial charge on any atom is 0.0326 e. The van der Waals surface area contributed by atoms with E-state index in [4.69, 9.17) is 0 Å². The Bertz CT molecular complexity index is 1970. The number of unbranched alkanes of at least 4 members (excludes halogenated alkanes) is 28. The van der Waals surface area contributed by atoms with Gasteiger partial charge < -0.3 is 0 Å². The third-order valence-corrected chi connectivity index (χ3v) is 21.0. The molecule has 0 N–H and O–H groups in total. The van der Waals surface area contributed by atoms with Crippen molar-refractivity contribution in [2.75, 3.05) is 0 Å². The molecule has 1 nitrogen and oxygen atoms in total. The van der Waals surface area contributed by atoms with E-state index in [1.54, 1.807) is 0 Å².